The van der Waals surface area contributed by atoms with Crippen LogP contribution in [0.2, 0.25) is 0 Å². The van der Waals surface area contributed by atoms with Gasteiger partial charge in [-0.2, -0.15) is 4.98 Å². The van der Waals surface area contributed by atoms with Crippen LogP contribution in [0.5, 0.6) is 0 Å². The molecule has 1 aliphatic carbocycles. The van der Waals surface area contributed by atoms with E-state index in [9.17, 15) is 4.79 Å². The van der Waals surface area contributed by atoms with E-state index in [4.69, 9.17) is 10.3 Å². The van der Waals surface area contributed by atoms with E-state index in [0.29, 0.717) is 23.7 Å². The van der Waals surface area contributed by atoms with Crippen LogP contribution in [-0.2, 0) is 11.8 Å². The summed E-state index contributed by atoms with van der Waals surface area (Å²) in [7, 11) is 0. The maximum atomic E-state index is 11.3. The van der Waals surface area contributed by atoms with Gasteiger partial charge in [-0.1, -0.05) is 35.4 Å². The van der Waals surface area contributed by atoms with Crippen molar-refractivity contribution in [2.45, 2.75) is 51.9 Å². The molecule has 0 radical (unpaired) electrons. The summed E-state index contributed by atoms with van der Waals surface area (Å²) in [4.78, 5) is 15.9. The van der Waals surface area contributed by atoms with E-state index in [1.165, 1.54) is 11.1 Å². The van der Waals surface area contributed by atoms with Gasteiger partial charge < -0.3 is 10.3 Å². The van der Waals surface area contributed by atoms with Gasteiger partial charge in [-0.15, -0.1) is 0 Å². The van der Waals surface area contributed by atoms with Crippen LogP contribution in [0.15, 0.2) is 39.9 Å². The van der Waals surface area contributed by atoms with Gasteiger partial charge in [0.25, 0.3) is 0 Å². The number of aromatic nitrogens is 2. The Morgan fingerprint density at radius 1 is 1.33 bits per heavy atom. The Bertz CT molecular complexity index is 806. The minimum Gasteiger partial charge on any atom is -0.366 e. The molecule has 126 valence electrons. The molecule has 5 nitrogen and oxygen atoms in total. The van der Waals surface area contributed by atoms with E-state index in [1.807, 2.05) is 12.1 Å². The van der Waals surface area contributed by atoms with Crippen molar-refractivity contribution in [3.8, 4) is 0 Å². The summed E-state index contributed by atoms with van der Waals surface area (Å²) in [5.74, 6) is 0.908. The SMILES string of the molecule is CC1=C(C)CC(C)(c2nc(Cc3cccc(C(N)=O)c3)no2)CC1. The Kier molecular flexibility index (Phi) is 4.26. The first kappa shape index (κ1) is 16.4. The summed E-state index contributed by atoms with van der Waals surface area (Å²) in [6.07, 6.45) is 3.57. The zero-order valence-corrected chi connectivity index (χ0v) is 14.4. The zero-order valence-electron chi connectivity index (χ0n) is 14.4. The van der Waals surface area contributed by atoms with E-state index >= 15 is 0 Å². The van der Waals surface area contributed by atoms with E-state index in [0.717, 1.165) is 24.8 Å². The van der Waals surface area contributed by atoms with Gasteiger partial charge in [-0.3, -0.25) is 4.79 Å². The summed E-state index contributed by atoms with van der Waals surface area (Å²) in [5, 5.41) is 4.13. The predicted molar refractivity (Wildman–Crippen MR) is 91.6 cm³/mol. The van der Waals surface area contributed by atoms with Crippen LogP contribution in [0.25, 0.3) is 0 Å². The number of hydrogen-bond donors (Lipinski definition) is 1. The lowest BCUT2D eigenvalue weighted by Gasteiger charge is -2.31. The Labute approximate surface area is 141 Å². The first-order valence-electron chi connectivity index (χ1n) is 8.24. The molecule has 24 heavy (non-hydrogen) atoms. The highest BCUT2D eigenvalue weighted by molar-refractivity contribution is 5.92. The molecule has 1 heterocycles. The zero-order chi connectivity index (χ0) is 17.3. The topological polar surface area (TPSA) is 82.0 Å². The lowest BCUT2D eigenvalue weighted by molar-refractivity contribution is 0.1000. The molecule has 5 heteroatoms. The van der Waals surface area contributed by atoms with E-state index in [2.05, 4.69) is 30.9 Å². The number of allylic oxidation sites excluding steroid dienone is 2. The van der Waals surface area contributed by atoms with Gasteiger partial charge >= 0.3 is 0 Å². The van der Waals surface area contributed by atoms with E-state index in [1.54, 1.807) is 12.1 Å². The van der Waals surface area contributed by atoms with Crippen molar-refractivity contribution in [2.24, 2.45) is 5.73 Å². The number of benzene rings is 1. The summed E-state index contributed by atoms with van der Waals surface area (Å²) >= 11 is 0. The number of nitrogens with zero attached hydrogens (tertiary/aromatic N) is 2. The van der Waals surface area contributed by atoms with Crippen molar-refractivity contribution in [3.05, 3.63) is 58.3 Å². The largest absolute Gasteiger partial charge is 0.366 e. The predicted octanol–water partition coefficient (Wildman–Crippen LogP) is 3.54. The van der Waals surface area contributed by atoms with Gasteiger partial charge in [0.2, 0.25) is 11.8 Å². The van der Waals surface area contributed by atoms with Crippen LogP contribution >= 0.6 is 0 Å². The van der Waals surface area contributed by atoms with Gasteiger partial charge in [0.1, 0.15) is 0 Å². The van der Waals surface area contributed by atoms with E-state index in [-0.39, 0.29) is 5.41 Å². The second-order valence-corrected chi connectivity index (χ2v) is 7.06. The minimum absolute atomic E-state index is 0.0933. The third kappa shape index (κ3) is 3.25. The molecule has 1 amide bonds. The van der Waals surface area contributed by atoms with Crippen molar-refractivity contribution in [3.63, 3.8) is 0 Å². The maximum absolute atomic E-state index is 11.3. The third-order valence-electron chi connectivity index (χ3n) is 4.99. The first-order valence-corrected chi connectivity index (χ1v) is 8.24. The molecular formula is C19H23N3O2. The van der Waals surface area contributed by atoms with Crippen LogP contribution in [-0.4, -0.2) is 16.0 Å². The van der Waals surface area contributed by atoms with Gasteiger partial charge in [-0.05, 0) is 50.8 Å². The molecule has 1 aliphatic rings. The first-order chi connectivity index (χ1) is 11.4. The van der Waals surface area contributed by atoms with Crippen LogP contribution in [0, 0.1) is 0 Å². The molecular weight excluding hydrogens is 302 g/mol. The van der Waals surface area contributed by atoms with Gasteiger partial charge in [0.15, 0.2) is 5.82 Å². The van der Waals surface area contributed by atoms with E-state index < -0.39 is 5.91 Å². The Hall–Kier alpha value is -2.43. The molecule has 1 unspecified atom stereocenters. The molecule has 0 saturated heterocycles. The molecule has 0 aliphatic heterocycles. The Balaban J connectivity index is 1.79. The highest BCUT2D eigenvalue weighted by Crippen LogP contribution is 2.40. The molecule has 0 spiro atoms. The number of primary amides is 1. The number of amides is 1. The number of carbonyl (C=O) groups excluding carboxylic acids is 1. The molecule has 0 saturated carbocycles. The Morgan fingerprint density at radius 3 is 2.83 bits per heavy atom. The molecule has 1 aromatic carbocycles. The highest BCUT2D eigenvalue weighted by atomic mass is 16.5. The highest BCUT2D eigenvalue weighted by Gasteiger charge is 2.35. The lowest BCUT2D eigenvalue weighted by atomic mass is 9.73. The quantitative estimate of drug-likeness (QED) is 0.872. The fourth-order valence-corrected chi connectivity index (χ4v) is 3.27. The third-order valence-corrected chi connectivity index (χ3v) is 4.99. The van der Waals surface area contributed by atoms with Gasteiger partial charge in [-0.25, -0.2) is 0 Å². The van der Waals surface area contributed by atoms with Crippen LogP contribution in [0.3, 0.4) is 0 Å². The molecule has 2 aromatic rings. The summed E-state index contributed by atoms with van der Waals surface area (Å²) in [6, 6.07) is 7.22. The van der Waals surface area contributed by atoms with Gasteiger partial charge in [0, 0.05) is 12.0 Å². The fraction of sp³-hybridized carbons (Fsp3) is 0.421. The number of hydrogen-bond acceptors (Lipinski definition) is 4. The standard InChI is InChI=1S/C19H23N3O2/c1-12-7-8-19(3,11-13(12)2)18-21-16(22-24-18)10-14-5-4-6-15(9-14)17(20)23/h4-6,9H,7-8,10-11H2,1-3H3,(H2,20,23). The Morgan fingerprint density at radius 2 is 2.12 bits per heavy atom. The average molecular weight is 325 g/mol. The number of nitrogens with two attached hydrogens (primary N) is 1. The molecule has 0 fully saturated rings. The summed E-state index contributed by atoms with van der Waals surface area (Å²) < 4.78 is 5.57. The number of carbonyl (C=O) groups is 1. The fourth-order valence-electron chi connectivity index (χ4n) is 3.27. The van der Waals surface area contributed by atoms with Gasteiger partial charge in [0.05, 0.1) is 5.41 Å². The van der Waals surface area contributed by atoms with Crippen molar-refractivity contribution < 1.29 is 9.32 Å². The van der Waals surface area contributed by atoms with Crippen LogP contribution in [0.1, 0.15) is 67.7 Å². The van der Waals surface area contributed by atoms with Crippen LogP contribution in [0.4, 0.5) is 0 Å². The lowest BCUT2D eigenvalue weighted by Crippen LogP contribution is -2.26. The van der Waals surface area contributed by atoms with Crippen molar-refractivity contribution in [1.29, 1.82) is 0 Å². The van der Waals surface area contributed by atoms with Crippen molar-refractivity contribution >= 4 is 5.91 Å². The molecule has 1 atom stereocenters. The molecule has 3 rings (SSSR count). The van der Waals surface area contributed by atoms with Crippen LogP contribution < -0.4 is 5.73 Å². The normalized spacial score (nSPS) is 21.1. The second kappa shape index (κ2) is 6.23. The molecule has 2 N–H and O–H groups in total. The number of rotatable bonds is 4. The average Bonchev–Trinajstić information content (AvgIpc) is 3.01. The molecule has 0 bridgehead atoms. The maximum Gasteiger partial charge on any atom is 0.248 e. The van der Waals surface area contributed by atoms with Crippen molar-refractivity contribution in [1.82, 2.24) is 10.1 Å². The smallest absolute Gasteiger partial charge is 0.248 e. The summed E-state index contributed by atoms with van der Waals surface area (Å²) in [5.41, 5.74) is 9.55. The summed E-state index contributed by atoms with van der Waals surface area (Å²) in [6.45, 7) is 6.56. The second-order valence-electron chi connectivity index (χ2n) is 7.06. The van der Waals surface area contributed by atoms with Crippen molar-refractivity contribution in [2.75, 3.05) is 0 Å². The monoisotopic (exact) mass is 325 g/mol. The molecule has 1 aromatic heterocycles. The minimum atomic E-state index is -0.432.